The Balaban J connectivity index is 0. The van der Waals surface area contributed by atoms with Crippen molar-refractivity contribution in [1.82, 2.24) is 47.4 Å². The number of hydrogen-bond donors (Lipinski definition) is 6. The van der Waals surface area contributed by atoms with Crippen molar-refractivity contribution in [2.24, 2.45) is 11.5 Å². The molecule has 0 aliphatic heterocycles. The topological polar surface area (TPSA) is 220 Å². The molecule has 0 saturated carbocycles. The van der Waals surface area contributed by atoms with Crippen LogP contribution in [0.25, 0.3) is 0 Å². The SMILES string of the molecule is N.N=C(N)N.c1nnn[nH]1.c1nnn[nH]1. The number of guanidine groups is 1. The number of aromatic amines is 2. The van der Waals surface area contributed by atoms with Gasteiger partial charge in [-0.3, -0.25) is 5.41 Å². The molecule has 2 rings (SSSR count). The zero-order chi connectivity index (χ0) is 10.6. The van der Waals surface area contributed by atoms with Crippen molar-refractivity contribution in [2.75, 3.05) is 0 Å². The first-order valence-electron chi connectivity index (χ1n) is 3.17. The van der Waals surface area contributed by atoms with Crippen LogP contribution >= 0.6 is 0 Å². The van der Waals surface area contributed by atoms with E-state index in [1.807, 2.05) is 0 Å². The average Bonchev–Trinajstić information content (AvgIpc) is 2.83. The number of rotatable bonds is 0. The summed E-state index contributed by atoms with van der Waals surface area (Å²) in [6, 6.07) is 0. The van der Waals surface area contributed by atoms with Gasteiger partial charge in [0.05, 0.1) is 0 Å². The van der Waals surface area contributed by atoms with Gasteiger partial charge in [-0.15, -0.1) is 10.2 Å². The Bertz CT molecular complexity index is 218. The van der Waals surface area contributed by atoms with Gasteiger partial charge in [-0.1, -0.05) is 0 Å². The van der Waals surface area contributed by atoms with Gasteiger partial charge in [0.2, 0.25) is 0 Å². The Morgan fingerprint density at radius 2 is 1.33 bits per heavy atom. The third-order valence-corrected chi connectivity index (χ3v) is 0.539. The molecule has 0 spiro atoms. The van der Waals surface area contributed by atoms with Crippen molar-refractivity contribution in [1.29, 1.82) is 5.41 Å². The van der Waals surface area contributed by atoms with Gasteiger partial charge in [0.25, 0.3) is 0 Å². The van der Waals surface area contributed by atoms with Crippen LogP contribution in [0.2, 0.25) is 0 Å². The third kappa shape index (κ3) is 18.4. The molecule has 0 aromatic carbocycles. The van der Waals surface area contributed by atoms with E-state index in [1.165, 1.54) is 12.7 Å². The van der Waals surface area contributed by atoms with Crippen molar-refractivity contribution < 1.29 is 0 Å². The van der Waals surface area contributed by atoms with E-state index in [4.69, 9.17) is 5.41 Å². The second kappa shape index (κ2) is 11.4. The van der Waals surface area contributed by atoms with Crippen LogP contribution in [0.1, 0.15) is 0 Å². The van der Waals surface area contributed by atoms with E-state index in [0.717, 1.165) is 0 Å². The average molecular weight is 216 g/mol. The summed E-state index contributed by atoms with van der Waals surface area (Å²) >= 11 is 0. The second-order valence-electron chi connectivity index (χ2n) is 1.58. The lowest BCUT2D eigenvalue weighted by Gasteiger charge is -1.69. The lowest BCUT2D eigenvalue weighted by atomic mass is 11.1. The molecule has 12 nitrogen and oxygen atoms in total. The van der Waals surface area contributed by atoms with Gasteiger partial charge < -0.3 is 17.6 Å². The minimum Gasteiger partial charge on any atom is -0.370 e. The van der Waals surface area contributed by atoms with Gasteiger partial charge in [0.1, 0.15) is 12.7 Å². The van der Waals surface area contributed by atoms with E-state index in [2.05, 4.69) is 52.7 Å². The number of tetrazole rings is 2. The number of hydrogen-bond acceptors (Lipinski definition) is 8. The summed E-state index contributed by atoms with van der Waals surface area (Å²) in [5.74, 6) is -0.333. The van der Waals surface area contributed by atoms with Crippen molar-refractivity contribution >= 4 is 5.96 Å². The maximum Gasteiger partial charge on any atom is 0.183 e. The third-order valence-electron chi connectivity index (χ3n) is 0.539. The van der Waals surface area contributed by atoms with Gasteiger partial charge in [-0.2, -0.15) is 0 Å². The zero-order valence-electron chi connectivity index (χ0n) is 7.70. The first-order valence-corrected chi connectivity index (χ1v) is 3.17. The fraction of sp³-hybridized carbons (Fsp3) is 0. The minimum absolute atomic E-state index is 0. The molecule has 0 radical (unpaired) electrons. The van der Waals surface area contributed by atoms with Gasteiger partial charge >= 0.3 is 0 Å². The highest BCUT2D eigenvalue weighted by Gasteiger charge is 1.59. The summed E-state index contributed by atoms with van der Waals surface area (Å²) in [5, 5.41) is 30.2. The van der Waals surface area contributed by atoms with Crippen LogP contribution in [-0.2, 0) is 0 Å². The first-order chi connectivity index (χ1) is 6.73. The number of H-pyrrole nitrogens is 2. The molecular formula is C3H12N12. The van der Waals surface area contributed by atoms with Crippen LogP contribution < -0.4 is 17.6 Å². The molecule has 2 aromatic heterocycles. The Morgan fingerprint density at radius 3 is 1.40 bits per heavy atom. The van der Waals surface area contributed by atoms with Gasteiger partial charge in [0, 0.05) is 0 Å². The van der Waals surface area contributed by atoms with E-state index in [0.29, 0.717) is 0 Å². The monoisotopic (exact) mass is 216 g/mol. The van der Waals surface area contributed by atoms with Gasteiger partial charge in [-0.25, -0.2) is 10.2 Å². The Labute approximate surface area is 83.9 Å². The molecule has 0 atom stereocenters. The largest absolute Gasteiger partial charge is 0.370 e. The fourth-order valence-electron chi connectivity index (χ4n) is 0.258. The molecule has 10 N–H and O–H groups in total. The first kappa shape index (κ1) is 14.9. The van der Waals surface area contributed by atoms with Crippen LogP contribution in [0.5, 0.6) is 0 Å². The molecule has 0 aliphatic carbocycles. The number of nitrogens with one attached hydrogen (secondary N) is 3. The summed E-state index contributed by atoms with van der Waals surface area (Å²) in [4.78, 5) is 0. The summed E-state index contributed by atoms with van der Waals surface area (Å²) in [6.07, 6.45) is 2.81. The molecule has 0 amide bonds. The summed E-state index contributed by atoms with van der Waals surface area (Å²) in [6.45, 7) is 0. The summed E-state index contributed by atoms with van der Waals surface area (Å²) in [5.41, 5.74) is 8.94. The number of nitrogens with two attached hydrogens (primary N) is 2. The molecule has 2 aromatic rings. The van der Waals surface area contributed by atoms with Crippen LogP contribution in [0.4, 0.5) is 0 Å². The van der Waals surface area contributed by atoms with Crippen molar-refractivity contribution in [3.8, 4) is 0 Å². The highest BCUT2D eigenvalue weighted by molar-refractivity contribution is 5.71. The minimum atomic E-state index is -0.333. The quantitative estimate of drug-likeness (QED) is 0.200. The molecule has 0 aliphatic rings. The molecule has 0 bridgehead atoms. The van der Waals surface area contributed by atoms with Crippen LogP contribution in [0.15, 0.2) is 12.7 Å². The van der Waals surface area contributed by atoms with E-state index >= 15 is 0 Å². The molecule has 0 saturated heterocycles. The Hall–Kier alpha value is -2.63. The molecule has 15 heavy (non-hydrogen) atoms. The Morgan fingerprint density at radius 1 is 1.00 bits per heavy atom. The van der Waals surface area contributed by atoms with E-state index in [1.54, 1.807) is 0 Å². The van der Waals surface area contributed by atoms with Gasteiger partial charge in [-0.05, 0) is 20.9 Å². The predicted octanol–water partition coefficient (Wildman–Crippen LogP) is -2.60. The molecular weight excluding hydrogens is 204 g/mol. The van der Waals surface area contributed by atoms with Crippen LogP contribution in [0.3, 0.4) is 0 Å². The van der Waals surface area contributed by atoms with Crippen LogP contribution in [-0.4, -0.2) is 47.2 Å². The number of nitrogens with zero attached hydrogens (tertiary/aromatic N) is 6. The molecule has 0 unspecified atom stereocenters. The van der Waals surface area contributed by atoms with E-state index in [9.17, 15) is 0 Å². The highest BCUT2D eigenvalue weighted by atomic mass is 15.5. The van der Waals surface area contributed by atoms with Gasteiger partial charge in [0.15, 0.2) is 5.96 Å². The highest BCUT2D eigenvalue weighted by Crippen LogP contribution is 1.44. The second-order valence-corrected chi connectivity index (χ2v) is 1.58. The number of aromatic nitrogens is 8. The molecule has 84 valence electrons. The summed E-state index contributed by atoms with van der Waals surface area (Å²) < 4.78 is 0. The molecule has 0 fully saturated rings. The zero-order valence-corrected chi connectivity index (χ0v) is 7.70. The van der Waals surface area contributed by atoms with Crippen LogP contribution in [0, 0.1) is 5.41 Å². The Kier molecular flexibility index (Phi) is 11.3. The van der Waals surface area contributed by atoms with E-state index < -0.39 is 0 Å². The maximum absolute atomic E-state index is 6.06. The van der Waals surface area contributed by atoms with Crippen molar-refractivity contribution in [2.45, 2.75) is 0 Å². The predicted molar refractivity (Wildman–Crippen MR) is 49.5 cm³/mol. The van der Waals surface area contributed by atoms with Crippen molar-refractivity contribution in [3.05, 3.63) is 12.7 Å². The lowest BCUT2D eigenvalue weighted by molar-refractivity contribution is 0.881. The maximum atomic E-state index is 6.06. The molecule has 2 heterocycles. The lowest BCUT2D eigenvalue weighted by Crippen LogP contribution is -2.20. The normalized spacial score (nSPS) is 6.93. The standard InChI is InChI=1S/2CH2N4.CH5N3.H3N/c2*1-2-4-5-3-1;2-1(3)4;/h2*1H,(H,2,3,4,5);(H5,2,3,4);1H3. The smallest absolute Gasteiger partial charge is 0.183 e. The van der Waals surface area contributed by atoms with Crippen molar-refractivity contribution in [3.63, 3.8) is 0 Å². The van der Waals surface area contributed by atoms with E-state index in [-0.39, 0.29) is 12.1 Å². The molecule has 12 heteroatoms. The fourth-order valence-corrected chi connectivity index (χ4v) is 0.258. The summed E-state index contributed by atoms with van der Waals surface area (Å²) in [7, 11) is 0.